The van der Waals surface area contributed by atoms with Crippen molar-refractivity contribution in [3.63, 3.8) is 0 Å². The quantitative estimate of drug-likeness (QED) is 0.561. The van der Waals surface area contributed by atoms with E-state index in [4.69, 9.17) is 11.6 Å². The Morgan fingerprint density at radius 3 is 2.33 bits per heavy atom. The predicted molar refractivity (Wildman–Crippen MR) is 74.6 cm³/mol. The Hall–Kier alpha value is -0.750. The lowest BCUT2D eigenvalue weighted by atomic mass is 10.0. The number of hydrogen-bond donors (Lipinski definition) is 0. The van der Waals surface area contributed by atoms with E-state index in [0.29, 0.717) is 16.1 Å². The molecule has 0 unspecified atom stereocenters. The predicted octanol–water partition coefficient (Wildman–Crippen LogP) is 5.63. The Bertz CT molecular complexity index is 579. The van der Waals surface area contributed by atoms with Crippen LogP contribution in [0.2, 0.25) is 5.02 Å². The van der Waals surface area contributed by atoms with Crippen molar-refractivity contribution >= 4 is 34.2 Å². The Balaban J connectivity index is 2.57. The molecule has 94 valence electrons. The van der Waals surface area contributed by atoms with Crippen molar-refractivity contribution in [2.45, 2.75) is 6.18 Å². The number of rotatable bonds is 1. The summed E-state index contributed by atoms with van der Waals surface area (Å²) in [7, 11) is 0. The third-order valence-electron chi connectivity index (χ3n) is 2.43. The summed E-state index contributed by atoms with van der Waals surface area (Å²) in [6.45, 7) is 0. The van der Waals surface area contributed by atoms with E-state index < -0.39 is 11.7 Å². The minimum atomic E-state index is -4.34. The molecule has 0 bridgehead atoms. The van der Waals surface area contributed by atoms with Gasteiger partial charge in [0.2, 0.25) is 0 Å². The minimum Gasteiger partial charge on any atom is -0.166 e. The second kappa shape index (κ2) is 5.09. The highest BCUT2D eigenvalue weighted by Gasteiger charge is 2.30. The molecule has 0 saturated heterocycles. The van der Waals surface area contributed by atoms with Gasteiger partial charge in [-0.15, -0.1) is 0 Å². The summed E-state index contributed by atoms with van der Waals surface area (Å²) in [4.78, 5) is 0. The van der Waals surface area contributed by atoms with Crippen LogP contribution >= 0.6 is 34.2 Å². The molecule has 0 N–H and O–H groups in total. The van der Waals surface area contributed by atoms with E-state index in [2.05, 4.69) is 0 Å². The van der Waals surface area contributed by atoms with Crippen LogP contribution < -0.4 is 0 Å². The van der Waals surface area contributed by atoms with E-state index >= 15 is 0 Å². The van der Waals surface area contributed by atoms with E-state index in [1.807, 2.05) is 22.6 Å². The summed E-state index contributed by atoms with van der Waals surface area (Å²) in [5, 5.41) is 0.501. The average Bonchev–Trinajstić information content (AvgIpc) is 2.28. The molecule has 5 heteroatoms. The van der Waals surface area contributed by atoms with Crippen molar-refractivity contribution in [2.24, 2.45) is 0 Å². The van der Waals surface area contributed by atoms with Gasteiger partial charge in [0.15, 0.2) is 0 Å². The second-order valence-electron chi connectivity index (χ2n) is 3.70. The minimum absolute atomic E-state index is 0.501. The topological polar surface area (TPSA) is 0 Å². The molecule has 0 heterocycles. The van der Waals surface area contributed by atoms with Crippen molar-refractivity contribution in [3.8, 4) is 11.1 Å². The van der Waals surface area contributed by atoms with Gasteiger partial charge < -0.3 is 0 Å². The van der Waals surface area contributed by atoms with Crippen molar-refractivity contribution in [1.82, 2.24) is 0 Å². The Morgan fingerprint density at radius 2 is 1.72 bits per heavy atom. The van der Waals surface area contributed by atoms with Crippen LogP contribution in [0.4, 0.5) is 13.2 Å². The monoisotopic (exact) mass is 382 g/mol. The summed E-state index contributed by atoms with van der Waals surface area (Å²) >= 11 is 7.86. The van der Waals surface area contributed by atoms with Gasteiger partial charge in [-0.25, -0.2) is 0 Å². The molecule has 0 atom stereocenters. The first kappa shape index (κ1) is 13.7. The van der Waals surface area contributed by atoms with Crippen molar-refractivity contribution in [1.29, 1.82) is 0 Å². The van der Waals surface area contributed by atoms with Gasteiger partial charge in [-0.05, 0) is 64.0 Å². The second-order valence-corrected chi connectivity index (χ2v) is 5.30. The molecule has 0 spiro atoms. The van der Waals surface area contributed by atoms with Gasteiger partial charge >= 0.3 is 6.18 Å². The zero-order valence-corrected chi connectivity index (χ0v) is 11.8. The molecule has 0 aliphatic rings. The number of benzene rings is 2. The van der Waals surface area contributed by atoms with Crippen LogP contribution in [-0.2, 0) is 6.18 Å². The van der Waals surface area contributed by atoms with Gasteiger partial charge in [-0.3, -0.25) is 0 Å². The van der Waals surface area contributed by atoms with Gasteiger partial charge in [0, 0.05) is 8.59 Å². The van der Waals surface area contributed by atoms with Crippen LogP contribution in [0, 0.1) is 3.57 Å². The van der Waals surface area contributed by atoms with Crippen LogP contribution in [0.3, 0.4) is 0 Å². The fourth-order valence-electron chi connectivity index (χ4n) is 1.58. The molecule has 0 fully saturated rings. The third kappa shape index (κ3) is 2.98. The van der Waals surface area contributed by atoms with Crippen LogP contribution in [0.5, 0.6) is 0 Å². The maximum absolute atomic E-state index is 12.7. The highest BCUT2D eigenvalue weighted by molar-refractivity contribution is 14.1. The zero-order valence-electron chi connectivity index (χ0n) is 8.93. The summed E-state index contributed by atoms with van der Waals surface area (Å²) in [6, 6.07) is 10.5. The van der Waals surface area contributed by atoms with Crippen molar-refractivity contribution in [2.75, 3.05) is 0 Å². The van der Waals surface area contributed by atoms with Gasteiger partial charge in [0.25, 0.3) is 0 Å². The molecule has 0 nitrogen and oxygen atoms in total. The van der Waals surface area contributed by atoms with E-state index in [0.717, 1.165) is 15.7 Å². The number of halogens is 5. The zero-order chi connectivity index (χ0) is 13.3. The highest BCUT2D eigenvalue weighted by Crippen LogP contribution is 2.35. The van der Waals surface area contributed by atoms with Crippen molar-refractivity contribution in [3.05, 3.63) is 56.6 Å². The Labute approximate surface area is 121 Å². The van der Waals surface area contributed by atoms with E-state index in [1.54, 1.807) is 24.3 Å². The summed E-state index contributed by atoms with van der Waals surface area (Å²) in [6.07, 6.45) is -4.34. The summed E-state index contributed by atoms with van der Waals surface area (Å²) in [5.41, 5.74) is 0.559. The van der Waals surface area contributed by atoms with E-state index in [9.17, 15) is 13.2 Å². The Kier molecular flexibility index (Phi) is 3.87. The molecule has 0 aromatic heterocycles. The molecule has 0 aliphatic carbocycles. The fraction of sp³-hybridized carbons (Fsp3) is 0.0769. The van der Waals surface area contributed by atoms with Crippen LogP contribution in [0.1, 0.15) is 5.56 Å². The SMILES string of the molecule is FC(F)(F)c1ccc(I)c(-c2cccc(Cl)c2)c1. The molecule has 0 aliphatic heterocycles. The van der Waals surface area contributed by atoms with Crippen LogP contribution in [-0.4, -0.2) is 0 Å². The lowest BCUT2D eigenvalue weighted by Crippen LogP contribution is -2.05. The molecule has 18 heavy (non-hydrogen) atoms. The molecule has 0 saturated carbocycles. The number of hydrogen-bond acceptors (Lipinski definition) is 0. The molecular weight excluding hydrogens is 375 g/mol. The molecule has 2 rings (SSSR count). The lowest BCUT2D eigenvalue weighted by Gasteiger charge is -2.11. The lowest BCUT2D eigenvalue weighted by molar-refractivity contribution is -0.137. The fourth-order valence-corrected chi connectivity index (χ4v) is 2.42. The molecule has 0 amide bonds. The smallest absolute Gasteiger partial charge is 0.166 e. The first-order chi connectivity index (χ1) is 8.38. The van der Waals surface area contributed by atoms with E-state index in [1.165, 1.54) is 6.07 Å². The maximum Gasteiger partial charge on any atom is 0.416 e. The standard InChI is InChI=1S/C13H7ClF3I/c14-10-3-1-2-8(6-10)11-7-9(13(15,16)17)4-5-12(11)18/h1-7H. The maximum atomic E-state index is 12.7. The first-order valence-corrected chi connectivity index (χ1v) is 6.46. The largest absolute Gasteiger partial charge is 0.416 e. The molecule has 0 radical (unpaired) electrons. The average molecular weight is 383 g/mol. The van der Waals surface area contributed by atoms with Gasteiger partial charge in [0.05, 0.1) is 5.56 Å². The van der Waals surface area contributed by atoms with Gasteiger partial charge in [-0.2, -0.15) is 13.2 Å². The molecular formula is C13H7ClF3I. The van der Waals surface area contributed by atoms with Crippen molar-refractivity contribution < 1.29 is 13.2 Å². The first-order valence-electron chi connectivity index (χ1n) is 5.00. The Morgan fingerprint density at radius 1 is 1.00 bits per heavy atom. The normalized spacial score (nSPS) is 11.6. The molecule has 2 aromatic rings. The van der Waals surface area contributed by atoms with Gasteiger partial charge in [0.1, 0.15) is 0 Å². The third-order valence-corrected chi connectivity index (χ3v) is 3.61. The van der Waals surface area contributed by atoms with Gasteiger partial charge in [-0.1, -0.05) is 23.7 Å². The molecule has 2 aromatic carbocycles. The summed E-state index contributed by atoms with van der Waals surface area (Å²) < 4.78 is 38.8. The van der Waals surface area contributed by atoms with Crippen LogP contribution in [0.15, 0.2) is 42.5 Å². The number of alkyl halides is 3. The highest BCUT2D eigenvalue weighted by atomic mass is 127. The van der Waals surface area contributed by atoms with E-state index in [-0.39, 0.29) is 0 Å². The van der Waals surface area contributed by atoms with Crippen LogP contribution in [0.25, 0.3) is 11.1 Å². The summed E-state index contributed by atoms with van der Waals surface area (Å²) in [5.74, 6) is 0.